The van der Waals surface area contributed by atoms with Gasteiger partial charge in [-0.15, -0.1) is 5.10 Å². The Hall–Kier alpha value is -4.07. The lowest BCUT2D eigenvalue weighted by Crippen LogP contribution is -2.13. The van der Waals surface area contributed by atoms with Crippen molar-refractivity contribution in [1.29, 1.82) is 0 Å². The van der Waals surface area contributed by atoms with Gasteiger partial charge in [-0.2, -0.15) is 4.98 Å². The van der Waals surface area contributed by atoms with Crippen LogP contribution in [-0.4, -0.2) is 27.3 Å². The summed E-state index contributed by atoms with van der Waals surface area (Å²) in [6.45, 7) is 2.16. The van der Waals surface area contributed by atoms with Crippen molar-refractivity contribution >= 4 is 11.6 Å². The molecule has 0 saturated heterocycles. The first-order chi connectivity index (χ1) is 15.1. The normalized spacial score (nSPS) is 10.7. The highest BCUT2D eigenvalue weighted by molar-refractivity contribution is 6.04. The molecule has 1 N–H and O–H groups in total. The summed E-state index contributed by atoms with van der Waals surface area (Å²) in [7, 11) is 0. The number of carbonyl (C=O) groups excluding carboxylic acids is 1. The number of rotatable bonds is 6. The first-order valence-corrected chi connectivity index (χ1v) is 9.58. The Morgan fingerprint density at radius 1 is 0.968 bits per heavy atom. The Balaban J connectivity index is 1.64. The lowest BCUT2D eigenvalue weighted by atomic mass is 10.2. The van der Waals surface area contributed by atoms with Crippen LogP contribution < -0.4 is 10.1 Å². The molecular formula is C23H18F2N4O2. The molecule has 0 bridgehead atoms. The fourth-order valence-electron chi connectivity index (χ4n) is 3.01. The second-order valence-electron chi connectivity index (χ2n) is 6.52. The molecule has 4 aromatic rings. The van der Waals surface area contributed by atoms with E-state index in [9.17, 15) is 13.6 Å². The van der Waals surface area contributed by atoms with E-state index in [0.717, 1.165) is 0 Å². The Kier molecular flexibility index (Phi) is 5.70. The predicted octanol–water partition coefficient (Wildman–Crippen LogP) is 4.86. The zero-order valence-corrected chi connectivity index (χ0v) is 16.5. The molecule has 0 unspecified atom stereocenters. The van der Waals surface area contributed by atoms with Gasteiger partial charge < -0.3 is 10.1 Å². The van der Waals surface area contributed by atoms with Crippen molar-refractivity contribution in [2.75, 3.05) is 11.9 Å². The van der Waals surface area contributed by atoms with E-state index in [1.807, 2.05) is 0 Å². The summed E-state index contributed by atoms with van der Waals surface area (Å²) in [6.07, 6.45) is 0. The van der Waals surface area contributed by atoms with E-state index in [2.05, 4.69) is 15.4 Å². The van der Waals surface area contributed by atoms with Crippen LogP contribution in [0.2, 0.25) is 0 Å². The molecule has 3 aromatic carbocycles. The van der Waals surface area contributed by atoms with Gasteiger partial charge in [0.25, 0.3) is 5.91 Å². The molecule has 8 heteroatoms. The Bertz CT molecular complexity index is 1220. The molecule has 0 fully saturated rings. The zero-order chi connectivity index (χ0) is 21.8. The van der Waals surface area contributed by atoms with E-state index in [1.165, 1.54) is 28.9 Å². The molecule has 0 saturated carbocycles. The van der Waals surface area contributed by atoms with E-state index in [4.69, 9.17) is 4.74 Å². The maximum Gasteiger partial charge on any atom is 0.336 e. The number of halogens is 2. The van der Waals surface area contributed by atoms with Gasteiger partial charge in [-0.05, 0) is 55.5 Å². The third kappa shape index (κ3) is 4.28. The number of nitrogens with one attached hydrogen (secondary N) is 1. The lowest BCUT2D eigenvalue weighted by Gasteiger charge is -2.09. The number of amides is 1. The predicted molar refractivity (Wildman–Crippen MR) is 112 cm³/mol. The maximum absolute atomic E-state index is 14.4. The number of anilines is 1. The average molecular weight is 420 g/mol. The van der Waals surface area contributed by atoms with Crippen molar-refractivity contribution in [3.05, 3.63) is 90.0 Å². The zero-order valence-electron chi connectivity index (χ0n) is 16.5. The van der Waals surface area contributed by atoms with Gasteiger partial charge in [0.15, 0.2) is 5.82 Å². The van der Waals surface area contributed by atoms with E-state index in [1.54, 1.807) is 55.5 Å². The Morgan fingerprint density at radius 2 is 1.65 bits per heavy atom. The topological polar surface area (TPSA) is 69.0 Å². The molecule has 4 rings (SSSR count). The molecule has 1 aromatic heterocycles. The molecule has 0 spiro atoms. The number of hydrogen-bond acceptors (Lipinski definition) is 4. The fourth-order valence-corrected chi connectivity index (χ4v) is 3.01. The van der Waals surface area contributed by atoms with E-state index >= 15 is 0 Å². The molecule has 156 valence electrons. The smallest absolute Gasteiger partial charge is 0.336 e. The van der Waals surface area contributed by atoms with Gasteiger partial charge in [0, 0.05) is 5.69 Å². The number of benzene rings is 3. The summed E-state index contributed by atoms with van der Waals surface area (Å²) in [4.78, 5) is 16.6. The number of hydrogen-bond donors (Lipinski definition) is 1. The van der Waals surface area contributed by atoms with Crippen molar-refractivity contribution in [3.8, 4) is 23.1 Å². The third-order valence-electron chi connectivity index (χ3n) is 4.46. The second-order valence-corrected chi connectivity index (χ2v) is 6.52. The minimum Gasteiger partial charge on any atom is -0.463 e. The summed E-state index contributed by atoms with van der Waals surface area (Å²) in [5.41, 5.74) is 1.28. The van der Waals surface area contributed by atoms with Crippen LogP contribution in [0.25, 0.3) is 17.1 Å². The quantitative estimate of drug-likeness (QED) is 0.484. The summed E-state index contributed by atoms with van der Waals surface area (Å²) in [6, 6.07) is 18.8. The molecule has 6 nitrogen and oxygen atoms in total. The molecule has 0 aliphatic carbocycles. The van der Waals surface area contributed by atoms with Gasteiger partial charge >= 0.3 is 6.01 Å². The van der Waals surface area contributed by atoms with Crippen LogP contribution in [0.1, 0.15) is 17.3 Å². The largest absolute Gasteiger partial charge is 0.463 e. The summed E-state index contributed by atoms with van der Waals surface area (Å²) in [5, 5.41) is 6.97. The van der Waals surface area contributed by atoms with Crippen molar-refractivity contribution in [1.82, 2.24) is 14.8 Å². The number of aromatic nitrogens is 3. The van der Waals surface area contributed by atoms with E-state index < -0.39 is 17.5 Å². The van der Waals surface area contributed by atoms with Crippen LogP contribution in [0.4, 0.5) is 14.5 Å². The SMILES string of the molecule is CCOc1nc(-c2ccccc2F)n(-c2ccc(NC(=O)c3ccccc3F)cc2)n1. The number of carbonyl (C=O) groups is 1. The van der Waals surface area contributed by atoms with Crippen LogP contribution in [0.3, 0.4) is 0 Å². The van der Waals surface area contributed by atoms with Crippen LogP contribution in [0, 0.1) is 11.6 Å². The first kappa shape index (κ1) is 20.2. The van der Waals surface area contributed by atoms with Crippen molar-refractivity contribution in [2.45, 2.75) is 6.92 Å². The molecular weight excluding hydrogens is 402 g/mol. The first-order valence-electron chi connectivity index (χ1n) is 9.58. The fraction of sp³-hybridized carbons (Fsp3) is 0.0870. The molecule has 0 radical (unpaired) electrons. The summed E-state index contributed by atoms with van der Waals surface area (Å²) < 4.78 is 35.0. The monoisotopic (exact) mass is 420 g/mol. The van der Waals surface area contributed by atoms with E-state index in [-0.39, 0.29) is 23.0 Å². The lowest BCUT2D eigenvalue weighted by molar-refractivity contribution is 0.102. The summed E-state index contributed by atoms with van der Waals surface area (Å²) >= 11 is 0. The van der Waals surface area contributed by atoms with Crippen molar-refractivity contribution < 1.29 is 18.3 Å². The molecule has 1 amide bonds. The summed E-state index contributed by atoms with van der Waals surface area (Å²) in [5.74, 6) is -1.31. The second kappa shape index (κ2) is 8.74. The third-order valence-corrected chi connectivity index (χ3v) is 4.46. The Morgan fingerprint density at radius 3 is 2.32 bits per heavy atom. The van der Waals surface area contributed by atoms with Crippen molar-refractivity contribution in [3.63, 3.8) is 0 Å². The number of nitrogens with zero attached hydrogens (tertiary/aromatic N) is 3. The van der Waals surface area contributed by atoms with Crippen molar-refractivity contribution in [2.24, 2.45) is 0 Å². The Labute approximate surface area is 177 Å². The molecule has 0 aliphatic heterocycles. The minimum atomic E-state index is -0.600. The van der Waals surface area contributed by atoms with Gasteiger partial charge in [0.05, 0.1) is 23.4 Å². The van der Waals surface area contributed by atoms with Gasteiger partial charge in [0.2, 0.25) is 0 Å². The molecule has 31 heavy (non-hydrogen) atoms. The van der Waals surface area contributed by atoms with Crippen LogP contribution in [0.5, 0.6) is 6.01 Å². The molecule has 0 atom stereocenters. The average Bonchev–Trinajstić information content (AvgIpc) is 3.19. The van der Waals surface area contributed by atoms with Gasteiger partial charge in [-0.25, -0.2) is 13.5 Å². The highest BCUT2D eigenvalue weighted by Crippen LogP contribution is 2.26. The molecule has 1 heterocycles. The highest BCUT2D eigenvalue weighted by Gasteiger charge is 2.18. The van der Waals surface area contributed by atoms with Gasteiger partial charge in [0.1, 0.15) is 11.6 Å². The van der Waals surface area contributed by atoms with E-state index in [0.29, 0.717) is 18.0 Å². The highest BCUT2D eigenvalue weighted by atomic mass is 19.1. The van der Waals surface area contributed by atoms with Crippen LogP contribution in [-0.2, 0) is 0 Å². The molecule has 0 aliphatic rings. The van der Waals surface area contributed by atoms with Gasteiger partial charge in [-0.3, -0.25) is 4.79 Å². The maximum atomic E-state index is 14.4. The van der Waals surface area contributed by atoms with Gasteiger partial charge in [-0.1, -0.05) is 24.3 Å². The minimum absolute atomic E-state index is 0.0500. The number of ether oxygens (including phenoxy) is 1. The van der Waals surface area contributed by atoms with Crippen LogP contribution in [0.15, 0.2) is 72.8 Å². The standard InChI is InChI=1S/C23H18F2N4O2/c1-2-31-23-27-21(17-7-3-5-9-19(17)24)29(28-23)16-13-11-15(12-14-16)26-22(30)18-8-4-6-10-20(18)25/h3-14H,2H2,1H3,(H,26,30). The van der Waals surface area contributed by atoms with Crippen LogP contribution >= 0.6 is 0 Å².